The molecule has 2 saturated heterocycles. The highest BCUT2D eigenvalue weighted by Gasteiger charge is 2.62. The van der Waals surface area contributed by atoms with Gasteiger partial charge in [-0.05, 0) is 40.5 Å². The van der Waals surface area contributed by atoms with Gasteiger partial charge in [0.25, 0.3) is 0 Å². The van der Waals surface area contributed by atoms with Gasteiger partial charge in [0.05, 0.1) is 11.5 Å². The van der Waals surface area contributed by atoms with Crippen molar-refractivity contribution in [3.63, 3.8) is 0 Å². The van der Waals surface area contributed by atoms with E-state index in [1.165, 1.54) is 0 Å². The topological polar surface area (TPSA) is 71.1 Å². The highest BCUT2D eigenvalue weighted by Crippen LogP contribution is 2.47. The van der Waals surface area contributed by atoms with Crippen LogP contribution in [0.1, 0.15) is 47.5 Å². The summed E-state index contributed by atoms with van der Waals surface area (Å²) in [7, 11) is 0. The predicted molar refractivity (Wildman–Crippen MR) is 75.8 cm³/mol. The number of hydrogen-bond donors (Lipinski definition) is 0. The van der Waals surface area contributed by atoms with Crippen LogP contribution in [-0.2, 0) is 28.5 Å². The lowest BCUT2D eigenvalue weighted by molar-refractivity contribution is -0.170. The molecule has 0 amide bonds. The van der Waals surface area contributed by atoms with Crippen LogP contribution in [0.5, 0.6) is 0 Å². The van der Waals surface area contributed by atoms with E-state index in [0.717, 1.165) is 0 Å². The minimum Gasteiger partial charge on any atom is -0.456 e. The Balaban J connectivity index is 1.72. The number of fused-ring (bicyclic) bond motifs is 3. The molecule has 3 aliphatic rings. The van der Waals surface area contributed by atoms with Gasteiger partial charge < -0.3 is 18.9 Å². The zero-order valence-corrected chi connectivity index (χ0v) is 13.8. The molecule has 0 spiro atoms. The molecular weight excluding hydrogens is 288 g/mol. The quantitative estimate of drug-likeness (QED) is 0.740. The summed E-state index contributed by atoms with van der Waals surface area (Å²) in [5, 5.41) is 0. The first-order valence-electron chi connectivity index (χ1n) is 7.92. The molecule has 1 aliphatic carbocycles. The van der Waals surface area contributed by atoms with Crippen LogP contribution in [0.2, 0.25) is 0 Å². The summed E-state index contributed by atoms with van der Waals surface area (Å²) in [6.45, 7) is 9.23. The number of carbonyl (C=O) groups is 2. The van der Waals surface area contributed by atoms with Crippen LogP contribution in [0.4, 0.5) is 0 Å². The number of carbonyl (C=O) groups excluding carboxylic acids is 2. The van der Waals surface area contributed by atoms with Gasteiger partial charge in [0, 0.05) is 5.92 Å². The van der Waals surface area contributed by atoms with Crippen LogP contribution in [0.3, 0.4) is 0 Å². The van der Waals surface area contributed by atoms with Crippen molar-refractivity contribution in [1.82, 2.24) is 0 Å². The van der Waals surface area contributed by atoms with Crippen molar-refractivity contribution in [2.45, 2.75) is 77.7 Å². The monoisotopic (exact) mass is 312 g/mol. The molecule has 124 valence electrons. The Hall–Kier alpha value is -1.14. The van der Waals surface area contributed by atoms with Crippen molar-refractivity contribution in [3.8, 4) is 0 Å². The van der Waals surface area contributed by atoms with Gasteiger partial charge in [-0.15, -0.1) is 0 Å². The second kappa shape index (κ2) is 4.93. The van der Waals surface area contributed by atoms with Gasteiger partial charge in [-0.2, -0.15) is 0 Å². The lowest BCUT2D eigenvalue weighted by Gasteiger charge is -2.25. The highest BCUT2D eigenvalue weighted by molar-refractivity contribution is 5.83. The first-order valence-corrected chi connectivity index (χ1v) is 7.92. The molecule has 5 atom stereocenters. The number of rotatable bonds is 3. The van der Waals surface area contributed by atoms with Crippen molar-refractivity contribution < 1.29 is 28.5 Å². The van der Waals surface area contributed by atoms with Crippen molar-refractivity contribution in [1.29, 1.82) is 0 Å². The maximum atomic E-state index is 12.2. The number of hydrogen-bond acceptors (Lipinski definition) is 6. The van der Waals surface area contributed by atoms with E-state index in [2.05, 4.69) is 0 Å². The Morgan fingerprint density at radius 1 is 1.32 bits per heavy atom. The largest absolute Gasteiger partial charge is 0.456 e. The summed E-state index contributed by atoms with van der Waals surface area (Å²) in [5.41, 5.74) is -0.609. The predicted octanol–water partition coefficient (Wildman–Crippen LogP) is 1.80. The van der Waals surface area contributed by atoms with Gasteiger partial charge in [0.2, 0.25) is 6.10 Å². The minimum absolute atomic E-state index is 0.113. The standard InChI is InChI=1S/C16H24O6/c1-6-15(2,3)14(18)20-11-8-7-9-12(10(8)19-13(11)17)22-16(4,5)21-9/h8-12H,6-7H2,1-5H3/t8-,9-,10-,11-,12-/m0/s1. The van der Waals surface area contributed by atoms with Gasteiger partial charge in [-0.25, -0.2) is 4.79 Å². The van der Waals surface area contributed by atoms with Crippen LogP contribution in [0, 0.1) is 11.3 Å². The van der Waals surface area contributed by atoms with Crippen LogP contribution in [-0.4, -0.2) is 42.1 Å². The highest BCUT2D eigenvalue weighted by atomic mass is 16.8. The van der Waals surface area contributed by atoms with Crippen molar-refractivity contribution in [3.05, 3.63) is 0 Å². The average Bonchev–Trinajstić information content (AvgIpc) is 2.98. The summed E-state index contributed by atoms with van der Waals surface area (Å²) < 4.78 is 22.6. The SMILES string of the molecule is CCC(C)(C)C(=O)O[C@@H]1C(=O)O[C@H]2[C@@H]1C[C@@H]1OC(C)(C)O[C@H]21. The molecule has 3 fully saturated rings. The Bertz CT molecular complexity index is 497. The number of ether oxygens (including phenoxy) is 4. The molecule has 2 aliphatic heterocycles. The smallest absolute Gasteiger partial charge is 0.348 e. The lowest BCUT2D eigenvalue weighted by Crippen LogP contribution is -2.36. The van der Waals surface area contributed by atoms with Crippen LogP contribution < -0.4 is 0 Å². The van der Waals surface area contributed by atoms with E-state index in [0.29, 0.717) is 12.8 Å². The third-order valence-corrected chi connectivity index (χ3v) is 5.02. The van der Waals surface area contributed by atoms with Crippen LogP contribution in [0.15, 0.2) is 0 Å². The van der Waals surface area contributed by atoms with E-state index in [4.69, 9.17) is 18.9 Å². The van der Waals surface area contributed by atoms with E-state index in [1.807, 2.05) is 34.6 Å². The molecule has 0 N–H and O–H groups in total. The fourth-order valence-electron chi connectivity index (χ4n) is 3.35. The van der Waals surface area contributed by atoms with E-state index in [9.17, 15) is 9.59 Å². The van der Waals surface area contributed by atoms with E-state index >= 15 is 0 Å². The van der Waals surface area contributed by atoms with E-state index in [1.54, 1.807) is 0 Å². The third-order valence-electron chi connectivity index (χ3n) is 5.02. The Labute approximate surface area is 130 Å². The second-order valence-corrected chi connectivity index (χ2v) is 7.50. The minimum atomic E-state index is -0.843. The Kier molecular flexibility index (Phi) is 3.53. The van der Waals surface area contributed by atoms with Crippen LogP contribution >= 0.6 is 0 Å². The molecule has 0 aromatic carbocycles. The summed E-state index contributed by atoms with van der Waals surface area (Å²) in [6, 6.07) is 0. The molecule has 2 heterocycles. The molecule has 0 bridgehead atoms. The number of esters is 2. The summed E-state index contributed by atoms with van der Waals surface area (Å²) in [6.07, 6.45) is -0.362. The summed E-state index contributed by atoms with van der Waals surface area (Å²) in [4.78, 5) is 24.3. The maximum absolute atomic E-state index is 12.2. The fraction of sp³-hybridized carbons (Fsp3) is 0.875. The molecular formula is C16H24O6. The zero-order chi connectivity index (χ0) is 16.3. The van der Waals surface area contributed by atoms with Gasteiger partial charge >= 0.3 is 11.9 Å². The molecule has 3 rings (SSSR count). The third kappa shape index (κ3) is 2.42. The van der Waals surface area contributed by atoms with Gasteiger partial charge in [-0.1, -0.05) is 6.92 Å². The molecule has 0 unspecified atom stereocenters. The first kappa shape index (κ1) is 15.7. The van der Waals surface area contributed by atoms with Gasteiger partial charge in [0.1, 0.15) is 12.2 Å². The molecule has 0 radical (unpaired) electrons. The zero-order valence-electron chi connectivity index (χ0n) is 13.8. The summed E-state index contributed by atoms with van der Waals surface area (Å²) >= 11 is 0. The Morgan fingerprint density at radius 3 is 2.64 bits per heavy atom. The molecule has 1 saturated carbocycles. The first-order chi connectivity index (χ1) is 10.1. The van der Waals surface area contributed by atoms with E-state index in [-0.39, 0.29) is 30.2 Å². The van der Waals surface area contributed by atoms with Crippen LogP contribution in [0.25, 0.3) is 0 Å². The normalized spacial score (nSPS) is 39.3. The molecule has 0 aromatic heterocycles. The molecule has 0 aromatic rings. The molecule has 6 nitrogen and oxygen atoms in total. The fourth-order valence-corrected chi connectivity index (χ4v) is 3.35. The maximum Gasteiger partial charge on any atom is 0.348 e. The summed E-state index contributed by atoms with van der Waals surface area (Å²) in [5.74, 6) is -1.68. The second-order valence-electron chi connectivity index (χ2n) is 7.50. The molecule has 22 heavy (non-hydrogen) atoms. The van der Waals surface area contributed by atoms with Gasteiger partial charge in [-0.3, -0.25) is 4.79 Å². The average molecular weight is 312 g/mol. The van der Waals surface area contributed by atoms with Crippen molar-refractivity contribution in [2.75, 3.05) is 0 Å². The van der Waals surface area contributed by atoms with Gasteiger partial charge in [0.15, 0.2) is 5.79 Å². The van der Waals surface area contributed by atoms with Crippen molar-refractivity contribution >= 4 is 11.9 Å². The lowest BCUT2D eigenvalue weighted by atomic mass is 9.90. The van der Waals surface area contributed by atoms with Crippen molar-refractivity contribution in [2.24, 2.45) is 11.3 Å². The Morgan fingerprint density at radius 2 is 2.00 bits per heavy atom. The molecule has 6 heteroatoms. The van der Waals surface area contributed by atoms with E-state index < -0.39 is 23.3 Å².